The average molecular weight is 392 g/mol. The highest BCUT2D eigenvalue weighted by Gasteiger charge is 2.10. The third-order valence-corrected chi connectivity index (χ3v) is 4.29. The fourth-order valence-corrected chi connectivity index (χ4v) is 2.71. The summed E-state index contributed by atoms with van der Waals surface area (Å²) in [6.07, 6.45) is 3.04. The number of furan rings is 1. The molecule has 1 unspecified atom stereocenters. The quantitative estimate of drug-likeness (QED) is 0.588. The fourth-order valence-electron chi connectivity index (χ4n) is 2.71. The van der Waals surface area contributed by atoms with Gasteiger partial charge in [0.25, 0.3) is 5.91 Å². The van der Waals surface area contributed by atoms with Crippen LogP contribution >= 0.6 is 0 Å². The van der Waals surface area contributed by atoms with Crippen molar-refractivity contribution >= 4 is 23.6 Å². The Kier molecular flexibility index (Phi) is 6.24. The summed E-state index contributed by atoms with van der Waals surface area (Å²) in [5.41, 5.74) is 1.87. The number of carbonyl (C=O) groups is 2. The van der Waals surface area contributed by atoms with Crippen molar-refractivity contribution in [1.29, 1.82) is 0 Å². The van der Waals surface area contributed by atoms with Gasteiger partial charge in [-0.3, -0.25) is 9.59 Å². The van der Waals surface area contributed by atoms with Crippen molar-refractivity contribution in [3.05, 3.63) is 95.2 Å². The highest BCUT2D eigenvalue weighted by Crippen LogP contribution is 2.17. The van der Waals surface area contributed by atoms with E-state index in [4.69, 9.17) is 4.42 Å². The molecule has 1 atom stereocenters. The van der Waals surface area contributed by atoms with E-state index in [1.165, 1.54) is 30.3 Å². The molecule has 2 N–H and O–H groups in total. The number of anilines is 1. The molecule has 0 aliphatic carbocycles. The number of hydrogen-bond donors (Lipinski definition) is 2. The maximum Gasteiger partial charge on any atom is 0.255 e. The Labute approximate surface area is 168 Å². The van der Waals surface area contributed by atoms with Crippen LogP contribution in [0.4, 0.5) is 10.1 Å². The van der Waals surface area contributed by atoms with Crippen LogP contribution in [0.2, 0.25) is 0 Å². The smallest absolute Gasteiger partial charge is 0.255 e. The van der Waals surface area contributed by atoms with Gasteiger partial charge in [-0.1, -0.05) is 12.1 Å². The lowest BCUT2D eigenvalue weighted by Gasteiger charge is -2.14. The Morgan fingerprint density at radius 3 is 2.31 bits per heavy atom. The van der Waals surface area contributed by atoms with Crippen molar-refractivity contribution < 1.29 is 18.4 Å². The third kappa shape index (κ3) is 5.65. The third-order valence-electron chi connectivity index (χ3n) is 4.29. The van der Waals surface area contributed by atoms with Gasteiger partial charge in [-0.05, 0) is 74.0 Å². The Morgan fingerprint density at radius 2 is 1.69 bits per heavy atom. The lowest BCUT2D eigenvalue weighted by atomic mass is 10.1. The van der Waals surface area contributed by atoms with E-state index >= 15 is 0 Å². The molecule has 0 bridgehead atoms. The molecule has 0 fully saturated rings. The number of carbonyl (C=O) groups excluding carboxylic acids is 2. The van der Waals surface area contributed by atoms with Crippen LogP contribution in [0, 0.1) is 12.7 Å². The zero-order valence-corrected chi connectivity index (χ0v) is 16.1. The molecule has 148 valence electrons. The molecule has 0 aliphatic heterocycles. The van der Waals surface area contributed by atoms with Crippen LogP contribution in [0.1, 0.15) is 40.4 Å². The van der Waals surface area contributed by atoms with E-state index < -0.39 is 5.82 Å². The molecule has 0 aliphatic rings. The maximum atomic E-state index is 13.0. The maximum absolute atomic E-state index is 13.0. The van der Waals surface area contributed by atoms with Gasteiger partial charge in [0.05, 0.1) is 6.04 Å². The minimum atomic E-state index is -0.393. The van der Waals surface area contributed by atoms with Gasteiger partial charge >= 0.3 is 0 Å². The molecule has 1 aromatic heterocycles. The van der Waals surface area contributed by atoms with E-state index in [-0.39, 0.29) is 17.9 Å². The first-order chi connectivity index (χ1) is 13.9. The van der Waals surface area contributed by atoms with Crippen molar-refractivity contribution in [2.45, 2.75) is 19.9 Å². The number of nitrogens with one attached hydrogen (secondary N) is 2. The van der Waals surface area contributed by atoms with Crippen molar-refractivity contribution in [2.24, 2.45) is 0 Å². The van der Waals surface area contributed by atoms with Crippen LogP contribution in [0.3, 0.4) is 0 Å². The van der Waals surface area contributed by atoms with Crippen molar-refractivity contribution in [1.82, 2.24) is 5.32 Å². The zero-order chi connectivity index (χ0) is 20.8. The summed E-state index contributed by atoms with van der Waals surface area (Å²) in [5, 5.41) is 5.63. The molecule has 2 amide bonds. The number of halogens is 1. The summed E-state index contributed by atoms with van der Waals surface area (Å²) < 4.78 is 18.3. The van der Waals surface area contributed by atoms with Crippen LogP contribution in [-0.2, 0) is 4.79 Å². The van der Waals surface area contributed by atoms with E-state index in [0.29, 0.717) is 17.0 Å². The molecule has 0 spiro atoms. The SMILES string of the molecule is Cc1ccc(/C=C/C(=O)NC(C)c2ccc(NC(=O)c3ccc(F)cc3)cc2)o1. The van der Waals surface area contributed by atoms with E-state index in [9.17, 15) is 14.0 Å². The lowest BCUT2D eigenvalue weighted by molar-refractivity contribution is -0.117. The first-order valence-corrected chi connectivity index (χ1v) is 9.12. The van der Waals surface area contributed by atoms with E-state index in [1.807, 2.05) is 32.0 Å². The molecular weight excluding hydrogens is 371 g/mol. The molecule has 2 aromatic carbocycles. The Bertz CT molecular complexity index is 1020. The fraction of sp³-hybridized carbons (Fsp3) is 0.130. The minimum absolute atomic E-state index is 0.215. The first kappa shape index (κ1) is 20.1. The van der Waals surface area contributed by atoms with Crippen LogP contribution in [0.25, 0.3) is 6.08 Å². The minimum Gasteiger partial charge on any atom is -0.462 e. The average Bonchev–Trinajstić information content (AvgIpc) is 3.12. The molecule has 3 aromatic rings. The second kappa shape index (κ2) is 9.01. The van der Waals surface area contributed by atoms with E-state index in [2.05, 4.69) is 10.6 Å². The monoisotopic (exact) mass is 392 g/mol. The van der Waals surface area contributed by atoms with Gasteiger partial charge in [0.2, 0.25) is 5.91 Å². The number of benzene rings is 2. The molecule has 0 radical (unpaired) electrons. The van der Waals surface area contributed by atoms with Gasteiger partial charge in [-0.2, -0.15) is 0 Å². The molecule has 6 heteroatoms. The zero-order valence-electron chi connectivity index (χ0n) is 16.1. The Balaban J connectivity index is 1.56. The summed E-state index contributed by atoms with van der Waals surface area (Å²) in [5.74, 6) is 0.449. The topological polar surface area (TPSA) is 71.3 Å². The number of hydrogen-bond acceptors (Lipinski definition) is 3. The van der Waals surface area contributed by atoms with E-state index in [0.717, 1.165) is 11.3 Å². The largest absolute Gasteiger partial charge is 0.462 e. The summed E-state index contributed by atoms with van der Waals surface area (Å²) in [7, 11) is 0. The second-order valence-corrected chi connectivity index (χ2v) is 6.60. The van der Waals surface area contributed by atoms with Crippen molar-refractivity contribution in [2.75, 3.05) is 5.32 Å². The summed E-state index contributed by atoms with van der Waals surface area (Å²) in [6, 6.07) is 15.9. The predicted molar refractivity (Wildman–Crippen MR) is 110 cm³/mol. The van der Waals surface area contributed by atoms with Crippen LogP contribution in [0.15, 0.2) is 71.2 Å². The highest BCUT2D eigenvalue weighted by atomic mass is 19.1. The van der Waals surface area contributed by atoms with Gasteiger partial charge < -0.3 is 15.1 Å². The Morgan fingerprint density at radius 1 is 1.00 bits per heavy atom. The molecule has 1 heterocycles. The summed E-state index contributed by atoms with van der Waals surface area (Å²) >= 11 is 0. The van der Waals surface area contributed by atoms with E-state index in [1.54, 1.807) is 24.3 Å². The number of aryl methyl sites for hydroxylation is 1. The molecule has 0 saturated carbocycles. The van der Waals surface area contributed by atoms with Gasteiger partial charge in [-0.25, -0.2) is 4.39 Å². The standard InChI is InChI=1S/C23H21FN2O3/c1-15-3-12-21(29-15)13-14-22(27)25-16(2)17-6-10-20(11-7-17)26-23(28)18-4-8-19(24)9-5-18/h3-14,16H,1-2H3,(H,25,27)(H,26,28)/b14-13+. The second-order valence-electron chi connectivity index (χ2n) is 6.60. The normalized spacial score (nSPS) is 12.0. The number of amides is 2. The Hall–Kier alpha value is -3.67. The highest BCUT2D eigenvalue weighted by molar-refractivity contribution is 6.04. The van der Waals surface area contributed by atoms with Crippen LogP contribution < -0.4 is 10.6 Å². The van der Waals surface area contributed by atoms with Gasteiger partial charge in [0.15, 0.2) is 0 Å². The summed E-state index contributed by atoms with van der Waals surface area (Å²) in [4.78, 5) is 24.3. The summed E-state index contributed by atoms with van der Waals surface area (Å²) in [6.45, 7) is 3.71. The predicted octanol–water partition coefficient (Wildman–Crippen LogP) is 4.87. The molecule has 5 nitrogen and oxygen atoms in total. The molecular formula is C23H21FN2O3. The number of rotatable bonds is 6. The van der Waals surface area contributed by atoms with Crippen LogP contribution in [-0.4, -0.2) is 11.8 Å². The molecule has 29 heavy (non-hydrogen) atoms. The van der Waals surface area contributed by atoms with Crippen molar-refractivity contribution in [3.63, 3.8) is 0 Å². The first-order valence-electron chi connectivity index (χ1n) is 9.12. The van der Waals surface area contributed by atoms with Gasteiger partial charge in [-0.15, -0.1) is 0 Å². The van der Waals surface area contributed by atoms with Gasteiger partial charge in [0, 0.05) is 17.3 Å². The van der Waals surface area contributed by atoms with Gasteiger partial charge in [0.1, 0.15) is 17.3 Å². The van der Waals surface area contributed by atoms with Crippen molar-refractivity contribution in [3.8, 4) is 0 Å². The van der Waals surface area contributed by atoms with Crippen LogP contribution in [0.5, 0.6) is 0 Å². The molecule has 3 rings (SSSR count). The molecule has 0 saturated heterocycles. The lowest BCUT2D eigenvalue weighted by Crippen LogP contribution is -2.24.